The Balaban J connectivity index is 2.29. The summed E-state index contributed by atoms with van der Waals surface area (Å²) in [5, 5.41) is 2.67. The van der Waals surface area contributed by atoms with Gasteiger partial charge in [0.2, 0.25) is 15.9 Å². The van der Waals surface area contributed by atoms with Crippen molar-refractivity contribution >= 4 is 27.3 Å². The van der Waals surface area contributed by atoms with Crippen LogP contribution < -0.4 is 9.62 Å². The fraction of sp³-hybridized carbons (Fsp3) is 0.235. The van der Waals surface area contributed by atoms with Crippen molar-refractivity contribution in [2.75, 3.05) is 15.9 Å². The van der Waals surface area contributed by atoms with Crippen LogP contribution in [0.2, 0.25) is 0 Å². The fourth-order valence-electron chi connectivity index (χ4n) is 2.31. The van der Waals surface area contributed by atoms with Crippen molar-refractivity contribution in [1.29, 1.82) is 0 Å². The van der Waals surface area contributed by atoms with Crippen molar-refractivity contribution in [2.24, 2.45) is 0 Å². The maximum atomic E-state index is 13.4. The first-order chi connectivity index (χ1) is 11.2. The van der Waals surface area contributed by atoms with Crippen LogP contribution in [0.4, 0.5) is 15.8 Å². The van der Waals surface area contributed by atoms with E-state index in [1.807, 2.05) is 19.1 Å². The highest BCUT2D eigenvalue weighted by molar-refractivity contribution is 7.92. The van der Waals surface area contributed by atoms with Gasteiger partial charge in [0, 0.05) is 5.69 Å². The third-order valence-corrected chi connectivity index (χ3v) is 4.71. The Morgan fingerprint density at radius 3 is 2.33 bits per heavy atom. The van der Waals surface area contributed by atoms with Crippen LogP contribution in [-0.4, -0.2) is 26.6 Å². The summed E-state index contributed by atoms with van der Waals surface area (Å²) in [6.45, 7) is 3.37. The van der Waals surface area contributed by atoms with Gasteiger partial charge >= 0.3 is 0 Å². The molecular formula is C17H19FN2O3S. The standard InChI is InChI=1S/C17H19FN2O3S/c1-12-7-9-15(10-8-12)19-17(21)13(2)20(24(3,22)23)16-6-4-5-14(18)11-16/h4-11,13H,1-3H3,(H,19,21). The zero-order valence-corrected chi connectivity index (χ0v) is 14.5. The van der Waals surface area contributed by atoms with Gasteiger partial charge in [-0.1, -0.05) is 23.8 Å². The smallest absolute Gasteiger partial charge is 0.247 e. The van der Waals surface area contributed by atoms with Crippen molar-refractivity contribution in [2.45, 2.75) is 19.9 Å². The molecule has 0 aromatic heterocycles. The zero-order valence-electron chi connectivity index (χ0n) is 13.7. The number of hydrogen-bond acceptors (Lipinski definition) is 3. The molecule has 24 heavy (non-hydrogen) atoms. The van der Waals surface area contributed by atoms with Crippen molar-refractivity contribution in [3.05, 3.63) is 59.9 Å². The largest absolute Gasteiger partial charge is 0.324 e. The molecule has 1 unspecified atom stereocenters. The van der Waals surface area contributed by atoms with E-state index in [-0.39, 0.29) is 5.69 Å². The Hall–Kier alpha value is -2.41. The number of amides is 1. The molecule has 2 aromatic carbocycles. The summed E-state index contributed by atoms with van der Waals surface area (Å²) in [5.41, 5.74) is 1.70. The number of nitrogens with one attached hydrogen (secondary N) is 1. The second-order valence-corrected chi connectivity index (χ2v) is 7.43. The summed E-state index contributed by atoms with van der Waals surface area (Å²) in [7, 11) is -3.77. The number of hydrogen-bond donors (Lipinski definition) is 1. The van der Waals surface area contributed by atoms with Gasteiger partial charge in [-0.3, -0.25) is 9.10 Å². The molecule has 0 aliphatic heterocycles. The second kappa shape index (κ2) is 7.00. The normalized spacial score (nSPS) is 12.5. The lowest BCUT2D eigenvalue weighted by molar-refractivity contribution is -0.116. The number of rotatable bonds is 5. The summed E-state index contributed by atoms with van der Waals surface area (Å²) >= 11 is 0. The van der Waals surface area contributed by atoms with Gasteiger partial charge in [-0.2, -0.15) is 0 Å². The molecule has 1 N–H and O–H groups in total. The first-order valence-electron chi connectivity index (χ1n) is 7.31. The molecule has 0 radical (unpaired) electrons. The Morgan fingerprint density at radius 1 is 1.17 bits per heavy atom. The lowest BCUT2D eigenvalue weighted by atomic mass is 10.2. The van der Waals surface area contributed by atoms with Crippen LogP contribution in [-0.2, 0) is 14.8 Å². The van der Waals surface area contributed by atoms with Gasteiger partial charge in [-0.25, -0.2) is 12.8 Å². The maximum absolute atomic E-state index is 13.4. The van der Waals surface area contributed by atoms with Crippen LogP contribution in [0.15, 0.2) is 48.5 Å². The second-order valence-electron chi connectivity index (χ2n) is 5.57. The van der Waals surface area contributed by atoms with E-state index in [9.17, 15) is 17.6 Å². The van der Waals surface area contributed by atoms with Gasteiger partial charge in [-0.15, -0.1) is 0 Å². The minimum absolute atomic E-state index is 0.101. The van der Waals surface area contributed by atoms with Crippen LogP contribution >= 0.6 is 0 Å². The molecule has 0 saturated carbocycles. The van der Waals surface area contributed by atoms with Gasteiger partial charge in [0.15, 0.2) is 0 Å². The number of carbonyl (C=O) groups is 1. The molecule has 0 aliphatic carbocycles. The van der Waals surface area contributed by atoms with E-state index in [4.69, 9.17) is 0 Å². The van der Waals surface area contributed by atoms with Gasteiger partial charge in [0.1, 0.15) is 11.9 Å². The van der Waals surface area contributed by atoms with Crippen LogP contribution in [0, 0.1) is 12.7 Å². The summed E-state index contributed by atoms with van der Waals surface area (Å²) in [5.74, 6) is -1.08. The van der Waals surface area contributed by atoms with Gasteiger partial charge in [-0.05, 0) is 44.2 Å². The van der Waals surface area contributed by atoms with Crippen LogP contribution in [0.1, 0.15) is 12.5 Å². The maximum Gasteiger partial charge on any atom is 0.247 e. The summed E-state index contributed by atoms with van der Waals surface area (Å²) in [4.78, 5) is 12.4. The molecule has 1 atom stereocenters. The molecule has 0 saturated heterocycles. The summed E-state index contributed by atoms with van der Waals surface area (Å²) in [6.07, 6.45) is 0.980. The summed E-state index contributed by atoms with van der Waals surface area (Å²) in [6, 6.07) is 11.2. The molecular weight excluding hydrogens is 331 g/mol. The molecule has 0 spiro atoms. The average Bonchev–Trinajstić information content (AvgIpc) is 2.48. The first-order valence-corrected chi connectivity index (χ1v) is 9.16. The molecule has 5 nitrogen and oxygen atoms in total. The number of carbonyl (C=O) groups excluding carboxylic acids is 1. The molecule has 0 bridgehead atoms. The van der Waals surface area contributed by atoms with E-state index >= 15 is 0 Å². The van der Waals surface area contributed by atoms with Crippen molar-refractivity contribution < 1.29 is 17.6 Å². The third kappa shape index (κ3) is 4.32. The molecule has 2 rings (SSSR count). The van der Waals surface area contributed by atoms with E-state index in [0.29, 0.717) is 5.69 Å². The van der Waals surface area contributed by atoms with Crippen molar-refractivity contribution in [3.8, 4) is 0 Å². The van der Waals surface area contributed by atoms with E-state index in [2.05, 4.69) is 5.32 Å². The van der Waals surface area contributed by atoms with Crippen LogP contribution in [0.5, 0.6) is 0 Å². The lowest BCUT2D eigenvalue weighted by Crippen LogP contribution is -2.45. The Labute approximate surface area is 141 Å². The summed E-state index contributed by atoms with van der Waals surface area (Å²) < 4.78 is 38.6. The topological polar surface area (TPSA) is 66.5 Å². The van der Waals surface area contributed by atoms with Crippen LogP contribution in [0.3, 0.4) is 0 Å². The minimum Gasteiger partial charge on any atom is -0.324 e. The van der Waals surface area contributed by atoms with Gasteiger partial charge in [0.05, 0.1) is 11.9 Å². The predicted octanol–water partition coefficient (Wildman–Crippen LogP) is 2.93. The van der Waals surface area contributed by atoms with Crippen molar-refractivity contribution in [3.63, 3.8) is 0 Å². The van der Waals surface area contributed by atoms with Gasteiger partial charge in [0.25, 0.3) is 0 Å². The SMILES string of the molecule is Cc1ccc(NC(=O)C(C)N(c2cccc(F)c2)S(C)(=O)=O)cc1. The highest BCUT2D eigenvalue weighted by Crippen LogP contribution is 2.22. The van der Waals surface area contributed by atoms with E-state index in [0.717, 1.165) is 22.2 Å². The van der Waals surface area contributed by atoms with E-state index < -0.39 is 27.8 Å². The fourth-order valence-corrected chi connectivity index (χ4v) is 3.47. The molecule has 0 heterocycles. The zero-order chi connectivity index (χ0) is 17.9. The predicted molar refractivity (Wildman–Crippen MR) is 93.0 cm³/mol. The number of anilines is 2. The molecule has 1 amide bonds. The average molecular weight is 350 g/mol. The quantitative estimate of drug-likeness (QED) is 0.902. The highest BCUT2D eigenvalue weighted by atomic mass is 32.2. The molecule has 128 valence electrons. The highest BCUT2D eigenvalue weighted by Gasteiger charge is 2.29. The third-order valence-electron chi connectivity index (χ3n) is 3.47. The lowest BCUT2D eigenvalue weighted by Gasteiger charge is -2.28. The van der Waals surface area contributed by atoms with Crippen LogP contribution in [0.25, 0.3) is 0 Å². The Morgan fingerprint density at radius 2 is 1.79 bits per heavy atom. The number of halogens is 1. The minimum atomic E-state index is -3.77. The molecule has 0 fully saturated rings. The Kier molecular flexibility index (Phi) is 5.23. The van der Waals surface area contributed by atoms with E-state index in [1.54, 1.807) is 12.1 Å². The van der Waals surface area contributed by atoms with E-state index in [1.165, 1.54) is 25.1 Å². The Bertz CT molecular complexity index is 835. The van der Waals surface area contributed by atoms with Crippen molar-refractivity contribution in [1.82, 2.24) is 0 Å². The number of nitrogens with zero attached hydrogens (tertiary/aromatic N) is 1. The number of aryl methyl sites for hydroxylation is 1. The molecule has 0 aliphatic rings. The first kappa shape index (κ1) is 17.9. The molecule has 7 heteroatoms. The molecule has 2 aromatic rings. The van der Waals surface area contributed by atoms with Gasteiger partial charge < -0.3 is 5.32 Å². The number of sulfonamides is 1. The monoisotopic (exact) mass is 350 g/mol. The number of benzene rings is 2.